The van der Waals surface area contributed by atoms with E-state index in [9.17, 15) is 4.79 Å². The molecule has 0 saturated carbocycles. The Morgan fingerprint density at radius 1 is 1.44 bits per heavy atom. The molecule has 0 aromatic carbocycles. The van der Waals surface area contributed by atoms with E-state index >= 15 is 0 Å². The summed E-state index contributed by atoms with van der Waals surface area (Å²) in [7, 11) is 0. The number of ketones is 1. The third-order valence-electron chi connectivity index (χ3n) is 3.72. The maximum absolute atomic E-state index is 12.2. The molecule has 0 bridgehead atoms. The second-order valence-corrected chi connectivity index (χ2v) is 6.39. The summed E-state index contributed by atoms with van der Waals surface area (Å²) in [6, 6.07) is 4.08. The van der Waals surface area contributed by atoms with Gasteiger partial charge in [-0.05, 0) is 43.9 Å². The zero-order valence-electron chi connectivity index (χ0n) is 11.4. The van der Waals surface area contributed by atoms with E-state index < -0.39 is 0 Å². The van der Waals surface area contributed by atoms with Gasteiger partial charge in [-0.1, -0.05) is 20.3 Å². The molecule has 1 aliphatic rings. The predicted molar refractivity (Wildman–Crippen MR) is 77.5 cm³/mol. The number of nitrogens with zero attached hydrogens (tertiary/aromatic N) is 1. The second-order valence-electron chi connectivity index (χ2n) is 5.22. The van der Waals surface area contributed by atoms with Crippen LogP contribution in [0.3, 0.4) is 0 Å². The number of hydrogen-bond donors (Lipinski definition) is 0. The number of rotatable bonds is 6. The summed E-state index contributed by atoms with van der Waals surface area (Å²) >= 11 is 1.66. The number of carbonyl (C=O) groups excluding carboxylic acids is 1. The van der Waals surface area contributed by atoms with Gasteiger partial charge in [-0.25, -0.2) is 0 Å². The van der Waals surface area contributed by atoms with Crippen LogP contribution >= 0.6 is 11.3 Å². The maximum atomic E-state index is 12.2. The second kappa shape index (κ2) is 6.48. The van der Waals surface area contributed by atoms with Gasteiger partial charge in [0.25, 0.3) is 0 Å². The van der Waals surface area contributed by atoms with Crippen LogP contribution in [-0.2, 0) is 6.42 Å². The molecule has 0 amide bonds. The van der Waals surface area contributed by atoms with Gasteiger partial charge in [-0.3, -0.25) is 9.69 Å². The Balaban J connectivity index is 1.84. The molecule has 0 N–H and O–H groups in total. The van der Waals surface area contributed by atoms with E-state index in [0.29, 0.717) is 12.3 Å². The van der Waals surface area contributed by atoms with Crippen molar-refractivity contribution in [1.82, 2.24) is 4.90 Å². The molecular formula is C15H23NOS. The molecule has 1 aromatic rings. The lowest BCUT2D eigenvalue weighted by Crippen LogP contribution is -2.27. The van der Waals surface area contributed by atoms with Crippen LogP contribution in [0.15, 0.2) is 12.1 Å². The zero-order valence-corrected chi connectivity index (χ0v) is 12.3. The number of Topliss-reactive ketones (excluding diaryl/α,β-unsaturated/α-hetero) is 1. The highest BCUT2D eigenvalue weighted by molar-refractivity contribution is 7.14. The van der Waals surface area contributed by atoms with Crippen LogP contribution in [0.4, 0.5) is 0 Å². The number of likely N-dealkylation sites (tertiary alicyclic amines) is 1. The van der Waals surface area contributed by atoms with Crippen molar-refractivity contribution in [3.8, 4) is 0 Å². The lowest BCUT2D eigenvalue weighted by atomic mass is 10.0. The first-order chi connectivity index (χ1) is 8.72. The minimum atomic E-state index is 0.303. The zero-order chi connectivity index (χ0) is 13.0. The summed E-state index contributed by atoms with van der Waals surface area (Å²) in [5.74, 6) is 1.12. The van der Waals surface area contributed by atoms with Crippen molar-refractivity contribution in [2.45, 2.75) is 39.5 Å². The fraction of sp³-hybridized carbons (Fsp3) is 0.667. The average Bonchev–Trinajstić information content (AvgIpc) is 2.98. The summed E-state index contributed by atoms with van der Waals surface area (Å²) in [4.78, 5) is 16.7. The molecular weight excluding hydrogens is 242 g/mol. The van der Waals surface area contributed by atoms with E-state index in [0.717, 1.165) is 30.3 Å². The Hall–Kier alpha value is -0.670. The van der Waals surface area contributed by atoms with Crippen LogP contribution in [-0.4, -0.2) is 30.3 Å². The fourth-order valence-electron chi connectivity index (χ4n) is 2.70. The summed E-state index contributed by atoms with van der Waals surface area (Å²) in [5.41, 5.74) is 0. The van der Waals surface area contributed by atoms with Crippen LogP contribution in [0.2, 0.25) is 0 Å². The molecule has 100 valence electrons. The van der Waals surface area contributed by atoms with Crippen LogP contribution in [0.25, 0.3) is 0 Å². The normalized spacial score (nSPS) is 20.4. The van der Waals surface area contributed by atoms with Gasteiger partial charge in [0.15, 0.2) is 5.78 Å². The van der Waals surface area contributed by atoms with Crippen molar-refractivity contribution in [3.63, 3.8) is 0 Å². The summed E-state index contributed by atoms with van der Waals surface area (Å²) < 4.78 is 0. The largest absolute Gasteiger partial charge is 0.295 e. The first-order valence-corrected chi connectivity index (χ1v) is 7.88. The van der Waals surface area contributed by atoms with Gasteiger partial charge in [-0.15, -0.1) is 11.3 Å². The highest BCUT2D eigenvalue weighted by Gasteiger charge is 2.23. The van der Waals surface area contributed by atoms with Crippen LogP contribution in [0.5, 0.6) is 0 Å². The molecule has 1 atom stereocenters. The molecule has 1 fully saturated rings. The van der Waals surface area contributed by atoms with Gasteiger partial charge in [0.2, 0.25) is 0 Å². The van der Waals surface area contributed by atoms with Crippen LogP contribution in [0.1, 0.15) is 47.7 Å². The van der Waals surface area contributed by atoms with E-state index in [2.05, 4.69) is 24.8 Å². The Bertz CT molecular complexity index is 399. The van der Waals surface area contributed by atoms with Crippen molar-refractivity contribution in [3.05, 3.63) is 21.9 Å². The quantitative estimate of drug-likeness (QED) is 0.732. The molecule has 1 aromatic heterocycles. The van der Waals surface area contributed by atoms with Crippen molar-refractivity contribution in [2.24, 2.45) is 5.92 Å². The topological polar surface area (TPSA) is 20.3 Å². The first kappa shape index (κ1) is 13.8. The SMILES string of the molecule is CCCC1CCN(CC(=O)c2ccc(CC)s2)C1. The molecule has 18 heavy (non-hydrogen) atoms. The third kappa shape index (κ3) is 3.42. The molecule has 0 spiro atoms. The molecule has 0 aliphatic carbocycles. The van der Waals surface area contributed by atoms with E-state index in [1.165, 1.54) is 24.1 Å². The van der Waals surface area contributed by atoms with Crippen molar-refractivity contribution < 1.29 is 4.79 Å². The highest BCUT2D eigenvalue weighted by Crippen LogP contribution is 2.22. The Morgan fingerprint density at radius 2 is 2.28 bits per heavy atom. The van der Waals surface area contributed by atoms with Gasteiger partial charge in [0.05, 0.1) is 11.4 Å². The van der Waals surface area contributed by atoms with Crippen molar-refractivity contribution in [2.75, 3.05) is 19.6 Å². The van der Waals surface area contributed by atoms with E-state index in [-0.39, 0.29) is 0 Å². The van der Waals surface area contributed by atoms with Crippen LogP contribution < -0.4 is 0 Å². The number of hydrogen-bond acceptors (Lipinski definition) is 3. The van der Waals surface area contributed by atoms with E-state index in [1.807, 2.05) is 6.07 Å². The molecule has 0 radical (unpaired) electrons. The predicted octanol–water partition coefficient (Wildman–Crippen LogP) is 3.62. The fourth-order valence-corrected chi connectivity index (χ4v) is 3.58. The summed E-state index contributed by atoms with van der Waals surface area (Å²) in [6.45, 7) is 7.21. The van der Waals surface area contributed by atoms with E-state index in [4.69, 9.17) is 0 Å². The summed E-state index contributed by atoms with van der Waals surface area (Å²) in [5, 5.41) is 0. The Morgan fingerprint density at radius 3 is 2.94 bits per heavy atom. The Kier molecular flexibility index (Phi) is 4.95. The number of aryl methyl sites for hydroxylation is 1. The number of carbonyl (C=O) groups is 1. The standard InChI is InChI=1S/C15H23NOS/c1-3-5-12-8-9-16(10-12)11-14(17)15-7-6-13(4-2)18-15/h6-7,12H,3-5,8-11H2,1-2H3. The van der Waals surface area contributed by atoms with Crippen LogP contribution in [0, 0.1) is 5.92 Å². The summed E-state index contributed by atoms with van der Waals surface area (Å²) in [6.07, 6.45) is 4.87. The molecule has 2 heterocycles. The van der Waals surface area contributed by atoms with Gasteiger partial charge >= 0.3 is 0 Å². The number of thiophene rings is 1. The van der Waals surface area contributed by atoms with E-state index in [1.54, 1.807) is 11.3 Å². The monoisotopic (exact) mass is 265 g/mol. The Labute approximate surface area is 114 Å². The van der Waals surface area contributed by atoms with Crippen molar-refractivity contribution >= 4 is 17.1 Å². The molecule has 1 saturated heterocycles. The molecule has 1 unspecified atom stereocenters. The maximum Gasteiger partial charge on any atom is 0.186 e. The molecule has 1 aliphatic heterocycles. The highest BCUT2D eigenvalue weighted by atomic mass is 32.1. The minimum absolute atomic E-state index is 0.303. The molecule has 3 heteroatoms. The van der Waals surface area contributed by atoms with Crippen molar-refractivity contribution in [1.29, 1.82) is 0 Å². The lowest BCUT2D eigenvalue weighted by molar-refractivity contribution is 0.0947. The minimum Gasteiger partial charge on any atom is -0.295 e. The van der Waals surface area contributed by atoms with Gasteiger partial charge in [0.1, 0.15) is 0 Å². The average molecular weight is 265 g/mol. The van der Waals surface area contributed by atoms with Gasteiger partial charge in [0, 0.05) is 11.4 Å². The third-order valence-corrected chi connectivity index (χ3v) is 4.99. The smallest absolute Gasteiger partial charge is 0.186 e. The molecule has 2 nitrogen and oxygen atoms in total. The molecule has 2 rings (SSSR count). The van der Waals surface area contributed by atoms with Gasteiger partial charge in [-0.2, -0.15) is 0 Å². The van der Waals surface area contributed by atoms with Gasteiger partial charge < -0.3 is 0 Å². The lowest BCUT2D eigenvalue weighted by Gasteiger charge is -2.14. The first-order valence-electron chi connectivity index (χ1n) is 7.07.